The van der Waals surface area contributed by atoms with Gasteiger partial charge in [0.15, 0.2) is 0 Å². The quantitative estimate of drug-likeness (QED) is 0.565. The fraction of sp³-hybridized carbons (Fsp3) is 0.455. The van der Waals surface area contributed by atoms with Crippen LogP contribution < -0.4 is 0 Å². The highest BCUT2D eigenvalue weighted by atomic mass is 14.3. The summed E-state index contributed by atoms with van der Waals surface area (Å²) < 4.78 is 0. The van der Waals surface area contributed by atoms with E-state index in [1.54, 1.807) is 0 Å². The summed E-state index contributed by atoms with van der Waals surface area (Å²) in [7, 11) is 0. The molecule has 0 heterocycles. The molecule has 0 amide bonds. The van der Waals surface area contributed by atoms with Crippen LogP contribution in [0.3, 0.4) is 0 Å². The number of aryl methyl sites for hydroxylation is 1. The van der Waals surface area contributed by atoms with Crippen LogP contribution >= 0.6 is 0 Å². The van der Waals surface area contributed by atoms with Crippen LogP contribution in [0.5, 0.6) is 0 Å². The van der Waals surface area contributed by atoms with E-state index in [9.17, 15) is 0 Å². The molecule has 118 valence electrons. The predicted octanol–water partition coefficient (Wildman–Crippen LogP) is 6.86. The third-order valence-corrected chi connectivity index (χ3v) is 5.36. The summed E-state index contributed by atoms with van der Waals surface area (Å²) >= 11 is 0. The minimum Gasteiger partial charge on any atom is -0.0645 e. The highest BCUT2D eigenvalue weighted by Crippen LogP contribution is 2.39. The molecule has 0 radical (unpaired) electrons. The van der Waals surface area contributed by atoms with Crippen LogP contribution in [0.4, 0.5) is 0 Å². The fourth-order valence-electron chi connectivity index (χ4n) is 3.16. The standard InChI is InChI=1S/C22H30/c1-7-22(6,8-2)21-12-10-9-11-19(21)20-15-18(16(3)4)14-13-17(20)5/h9-16H,7-8H2,1-6H3. The third kappa shape index (κ3) is 3.11. The maximum absolute atomic E-state index is 2.40. The first kappa shape index (κ1) is 16.8. The Labute approximate surface area is 136 Å². The summed E-state index contributed by atoms with van der Waals surface area (Å²) in [6.07, 6.45) is 2.34. The third-order valence-electron chi connectivity index (χ3n) is 5.36. The van der Waals surface area contributed by atoms with Gasteiger partial charge in [-0.05, 0) is 58.9 Å². The Bertz CT molecular complexity index is 630. The molecule has 0 bridgehead atoms. The van der Waals surface area contributed by atoms with E-state index in [4.69, 9.17) is 0 Å². The van der Waals surface area contributed by atoms with E-state index in [1.165, 1.54) is 40.7 Å². The molecule has 0 heteroatoms. The number of hydrogen-bond acceptors (Lipinski definition) is 0. The van der Waals surface area contributed by atoms with Gasteiger partial charge >= 0.3 is 0 Å². The van der Waals surface area contributed by atoms with Crippen molar-refractivity contribution in [2.75, 3.05) is 0 Å². The lowest BCUT2D eigenvalue weighted by molar-refractivity contribution is 0.440. The Balaban J connectivity index is 2.66. The largest absolute Gasteiger partial charge is 0.0645 e. The smallest absolute Gasteiger partial charge is 0.00743 e. The van der Waals surface area contributed by atoms with Gasteiger partial charge in [-0.2, -0.15) is 0 Å². The van der Waals surface area contributed by atoms with E-state index < -0.39 is 0 Å². The van der Waals surface area contributed by atoms with Crippen molar-refractivity contribution in [1.29, 1.82) is 0 Å². The zero-order valence-electron chi connectivity index (χ0n) is 15.0. The van der Waals surface area contributed by atoms with Gasteiger partial charge in [0.2, 0.25) is 0 Å². The van der Waals surface area contributed by atoms with Crippen LogP contribution in [-0.2, 0) is 5.41 Å². The first-order valence-electron chi connectivity index (χ1n) is 8.63. The van der Waals surface area contributed by atoms with Crippen molar-refractivity contribution in [1.82, 2.24) is 0 Å². The molecule has 0 aromatic heterocycles. The van der Waals surface area contributed by atoms with Gasteiger partial charge < -0.3 is 0 Å². The number of hydrogen-bond donors (Lipinski definition) is 0. The molecular weight excluding hydrogens is 264 g/mol. The molecule has 0 N–H and O–H groups in total. The second kappa shape index (κ2) is 6.69. The molecule has 2 rings (SSSR count). The summed E-state index contributed by atoms with van der Waals surface area (Å²) in [6, 6.07) is 15.9. The van der Waals surface area contributed by atoms with Crippen LogP contribution in [0.25, 0.3) is 11.1 Å². The van der Waals surface area contributed by atoms with Gasteiger partial charge in [0, 0.05) is 0 Å². The lowest BCUT2D eigenvalue weighted by atomic mass is 9.74. The SMILES string of the molecule is CCC(C)(CC)c1ccccc1-c1cc(C(C)C)ccc1C. The molecule has 0 unspecified atom stereocenters. The monoisotopic (exact) mass is 294 g/mol. The zero-order chi connectivity index (χ0) is 16.3. The molecule has 0 nitrogen and oxygen atoms in total. The Morgan fingerprint density at radius 1 is 0.909 bits per heavy atom. The fourth-order valence-corrected chi connectivity index (χ4v) is 3.16. The van der Waals surface area contributed by atoms with Crippen LogP contribution in [0.2, 0.25) is 0 Å². The Morgan fingerprint density at radius 2 is 1.55 bits per heavy atom. The van der Waals surface area contributed by atoms with Gasteiger partial charge in [-0.15, -0.1) is 0 Å². The minimum atomic E-state index is 0.247. The molecule has 0 fully saturated rings. The van der Waals surface area contributed by atoms with Gasteiger partial charge in [0.05, 0.1) is 0 Å². The Kier molecular flexibility index (Phi) is 5.11. The van der Waals surface area contributed by atoms with Gasteiger partial charge in [-0.1, -0.05) is 77.1 Å². The van der Waals surface area contributed by atoms with Crippen molar-refractivity contribution in [3.63, 3.8) is 0 Å². The van der Waals surface area contributed by atoms with Crippen molar-refractivity contribution in [2.45, 2.75) is 65.7 Å². The number of rotatable bonds is 5. The molecule has 0 saturated heterocycles. The molecule has 2 aromatic rings. The summed E-state index contributed by atoms with van der Waals surface area (Å²) in [6.45, 7) is 13.8. The molecule has 0 aliphatic rings. The normalized spacial score (nSPS) is 12.0. The molecule has 22 heavy (non-hydrogen) atoms. The molecule has 0 spiro atoms. The van der Waals surface area contributed by atoms with Gasteiger partial charge in [0.25, 0.3) is 0 Å². The summed E-state index contributed by atoms with van der Waals surface area (Å²) in [4.78, 5) is 0. The average Bonchev–Trinajstić information content (AvgIpc) is 2.54. The zero-order valence-corrected chi connectivity index (χ0v) is 15.0. The van der Waals surface area contributed by atoms with Gasteiger partial charge in [-0.3, -0.25) is 0 Å². The van der Waals surface area contributed by atoms with Crippen molar-refractivity contribution in [2.24, 2.45) is 0 Å². The molecule has 2 aromatic carbocycles. The highest BCUT2D eigenvalue weighted by molar-refractivity contribution is 5.72. The molecule has 0 atom stereocenters. The topological polar surface area (TPSA) is 0 Å². The Morgan fingerprint density at radius 3 is 2.14 bits per heavy atom. The van der Waals surface area contributed by atoms with Crippen molar-refractivity contribution in [3.8, 4) is 11.1 Å². The molecular formula is C22H30. The molecule has 0 saturated carbocycles. The first-order valence-corrected chi connectivity index (χ1v) is 8.63. The van der Waals surface area contributed by atoms with Gasteiger partial charge in [0.1, 0.15) is 0 Å². The van der Waals surface area contributed by atoms with Crippen LogP contribution in [0.15, 0.2) is 42.5 Å². The highest BCUT2D eigenvalue weighted by Gasteiger charge is 2.25. The van der Waals surface area contributed by atoms with E-state index >= 15 is 0 Å². The second-order valence-corrected chi connectivity index (χ2v) is 7.04. The predicted molar refractivity (Wildman–Crippen MR) is 98.6 cm³/mol. The molecule has 0 aliphatic heterocycles. The van der Waals surface area contributed by atoms with E-state index in [0.29, 0.717) is 5.92 Å². The number of benzene rings is 2. The molecule has 0 aliphatic carbocycles. The van der Waals surface area contributed by atoms with Crippen LogP contribution in [0, 0.1) is 6.92 Å². The summed E-state index contributed by atoms with van der Waals surface area (Å²) in [5, 5.41) is 0. The van der Waals surface area contributed by atoms with Crippen molar-refractivity contribution < 1.29 is 0 Å². The van der Waals surface area contributed by atoms with E-state index in [2.05, 4.69) is 84.0 Å². The maximum Gasteiger partial charge on any atom is -0.00743 e. The second-order valence-electron chi connectivity index (χ2n) is 7.04. The average molecular weight is 294 g/mol. The Hall–Kier alpha value is -1.56. The van der Waals surface area contributed by atoms with Gasteiger partial charge in [-0.25, -0.2) is 0 Å². The lowest BCUT2D eigenvalue weighted by Crippen LogP contribution is -2.20. The van der Waals surface area contributed by atoms with Crippen LogP contribution in [-0.4, -0.2) is 0 Å². The first-order chi connectivity index (χ1) is 10.4. The van der Waals surface area contributed by atoms with Crippen LogP contribution in [0.1, 0.15) is 70.1 Å². The maximum atomic E-state index is 2.40. The van der Waals surface area contributed by atoms with Crippen molar-refractivity contribution in [3.05, 3.63) is 59.2 Å². The lowest BCUT2D eigenvalue weighted by Gasteiger charge is -2.30. The summed E-state index contributed by atoms with van der Waals surface area (Å²) in [5.74, 6) is 0.565. The van der Waals surface area contributed by atoms with Crippen molar-refractivity contribution >= 4 is 0 Å². The minimum absolute atomic E-state index is 0.247. The summed E-state index contributed by atoms with van der Waals surface area (Å²) in [5.41, 5.74) is 7.33. The van der Waals surface area contributed by atoms with E-state index in [1.807, 2.05) is 0 Å². The van der Waals surface area contributed by atoms with E-state index in [-0.39, 0.29) is 5.41 Å². The van der Waals surface area contributed by atoms with E-state index in [0.717, 1.165) is 0 Å².